The van der Waals surface area contributed by atoms with E-state index in [0.717, 1.165) is 22.2 Å². The Hall–Kier alpha value is -3.74. The maximum Gasteiger partial charge on any atom is 0.276 e. The van der Waals surface area contributed by atoms with Gasteiger partial charge in [0.05, 0.1) is 11.7 Å². The number of carbonyl (C=O) groups is 1. The smallest absolute Gasteiger partial charge is 0.276 e. The molecule has 146 valence electrons. The highest BCUT2D eigenvalue weighted by atomic mass is 16.5. The topological polar surface area (TPSA) is 81.4 Å². The van der Waals surface area contributed by atoms with E-state index in [1.165, 1.54) is 0 Å². The number of aromatic nitrogens is 3. The Labute approximate surface area is 167 Å². The number of pyridine rings is 2. The van der Waals surface area contributed by atoms with Gasteiger partial charge in [-0.2, -0.15) is 0 Å². The van der Waals surface area contributed by atoms with Crippen molar-refractivity contribution < 1.29 is 14.1 Å². The molecule has 0 fully saturated rings. The third-order valence-electron chi connectivity index (χ3n) is 4.81. The van der Waals surface area contributed by atoms with Crippen LogP contribution in [0.5, 0.6) is 5.75 Å². The Bertz CT molecular complexity index is 1120. The van der Waals surface area contributed by atoms with Gasteiger partial charge in [-0.05, 0) is 31.2 Å². The molecule has 0 bridgehead atoms. The van der Waals surface area contributed by atoms with Crippen molar-refractivity contribution in [2.45, 2.75) is 19.6 Å². The number of carbonyl (C=O) groups excluding carboxylic acids is 1. The number of hydrogen-bond donors (Lipinski definition) is 0. The van der Waals surface area contributed by atoms with Crippen molar-refractivity contribution in [3.63, 3.8) is 0 Å². The summed E-state index contributed by atoms with van der Waals surface area (Å²) in [4.78, 5) is 22.8. The molecule has 0 aliphatic heterocycles. The van der Waals surface area contributed by atoms with E-state index < -0.39 is 0 Å². The molecule has 29 heavy (non-hydrogen) atoms. The van der Waals surface area contributed by atoms with Gasteiger partial charge in [0.15, 0.2) is 11.5 Å². The van der Waals surface area contributed by atoms with E-state index in [0.29, 0.717) is 5.76 Å². The first kappa shape index (κ1) is 18.6. The average Bonchev–Trinajstić information content (AvgIpc) is 3.25. The standard InChI is InChI=1S/C22H20N4O3/c1-15(19-7-3-4-10-24-19)26(2)22(27)20-12-17(29-25-20)14-28-21-8-5-6-16-13-23-11-9-18(16)21/h3-13,15H,14H2,1-2H3/t15-/m1/s1. The second kappa shape index (κ2) is 8.10. The number of benzene rings is 1. The van der Waals surface area contributed by atoms with Crippen LogP contribution in [0.25, 0.3) is 10.8 Å². The maximum absolute atomic E-state index is 12.7. The molecule has 0 saturated carbocycles. The predicted octanol–water partition coefficient (Wildman–Crippen LogP) is 4.03. The Morgan fingerprint density at radius 1 is 1.17 bits per heavy atom. The van der Waals surface area contributed by atoms with E-state index in [1.54, 1.807) is 36.6 Å². The van der Waals surface area contributed by atoms with Crippen LogP contribution in [0, 0.1) is 0 Å². The molecule has 4 aromatic rings. The van der Waals surface area contributed by atoms with Gasteiger partial charge in [0.1, 0.15) is 12.4 Å². The van der Waals surface area contributed by atoms with E-state index in [9.17, 15) is 4.79 Å². The van der Waals surface area contributed by atoms with E-state index >= 15 is 0 Å². The summed E-state index contributed by atoms with van der Waals surface area (Å²) in [5, 5.41) is 5.86. The molecule has 7 nitrogen and oxygen atoms in total. The van der Waals surface area contributed by atoms with Crippen molar-refractivity contribution in [1.29, 1.82) is 0 Å². The van der Waals surface area contributed by atoms with Gasteiger partial charge in [-0.1, -0.05) is 23.4 Å². The summed E-state index contributed by atoms with van der Waals surface area (Å²) in [5.74, 6) is 0.947. The highest BCUT2D eigenvalue weighted by Crippen LogP contribution is 2.25. The summed E-state index contributed by atoms with van der Waals surface area (Å²) in [5.41, 5.74) is 1.04. The molecule has 4 rings (SSSR count). The molecule has 0 unspecified atom stereocenters. The highest BCUT2D eigenvalue weighted by molar-refractivity contribution is 5.92. The molecule has 0 N–H and O–H groups in total. The van der Waals surface area contributed by atoms with Gasteiger partial charge in [0.25, 0.3) is 5.91 Å². The molecular formula is C22H20N4O3. The third kappa shape index (κ3) is 3.94. The summed E-state index contributed by atoms with van der Waals surface area (Å²) in [6, 6.07) is 14.7. The van der Waals surface area contributed by atoms with E-state index in [2.05, 4.69) is 15.1 Å². The van der Waals surface area contributed by atoms with Crippen LogP contribution in [0.4, 0.5) is 0 Å². The Morgan fingerprint density at radius 3 is 2.90 bits per heavy atom. The van der Waals surface area contributed by atoms with Crippen molar-refractivity contribution in [3.8, 4) is 5.75 Å². The van der Waals surface area contributed by atoms with E-state index in [-0.39, 0.29) is 24.2 Å². The zero-order valence-electron chi connectivity index (χ0n) is 16.1. The van der Waals surface area contributed by atoms with Gasteiger partial charge in [-0.3, -0.25) is 14.8 Å². The monoisotopic (exact) mass is 388 g/mol. The molecular weight excluding hydrogens is 368 g/mol. The quantitative estimate of drug-likeness (QED) is 0.496. The second-order valence-electron chi connectivity index (χ2n) is 6.67. The van der Waals surface area contributed by atoms with E-state index in [1.807, 2.05) is 49.4 Å². The molecule has 0 saturated heterocycles. The van der Waals surface area contributed by atoms with Gasteiger partial charge < -0.3 is 14.2 Å². The highest BCUT2D eigenvalue weighted by Gasteiger charge is 2.23. The Morgan fingerprint density at radius 2 is 2.07 bits per heavy atom. The predicted molar refractivity (Wildman–Crippen MR) is 107 cm³/mol. The molecule has 1 atom stereocenters. The second-order valence-corrected chi connectivity index (χ2v) is 6.67. The van der Waals surface area contributed by atoms with Crippen molar-refractivity contribution in [2.75, 3.05) is 7.05 Å². The van der Waals surface area contributed by atoms with Gasteiger partial charge in [0, 0.05) is 42.5 Å². The van der Waals surface area contributed by atoms with Crippen LogP contribution in [-0.2, 0) is 6.61 Å². The Kier molecular flexibility index (Phi) is 5.20. The number of hydrogen-bond acceptors (Lipinski definition) is 6. The van der Waals surface area contributed by atoms with Gasteiger partial charge in [-0.15, -0.1) is 0 Å². The van der Waals surface area contributed by atoms with Crippen LogP contribution >= 0.6 is 0 Å². The summed E-state index contributed by atoms with van der Waals surface area (Å²) in [6.07, 6.45) is 5.21. The number of fused-ring (bicyclic) bond motifs is 1. The first-order valence-electron chi connectivity index (χ1n) is 9.22. The molecule has 3 aromatic heterocycles. The molecule has 1 amide bonds. The molecule has 0 aliphatic rings. The molecule has 0 radical (unpaired) electrons. The normalized spacial score (nSPS) is 11.9. The summed E-state index contributed by atoms with van der Waals surface area (Å²) < 4.78 is 11.2. The lowest BCUT2D eigenvalue weighted by atomic mass is 10.1. The van der Waals surface area contributed by atoms with Crippen LogP contribution < -0.4 is 4.74 Å². The van der Waals surface area contributed by atoms with Crippen molar-refractivity contribution in [1.82, 2.24) is 20.0 Å². The summed E-state index contributed by atoms with van der Waals surface area (Å²) >= 11 is 0. The number of amides is 1. The fourth-order valence-corrected chi connectivity index (χ4v) is 3.03. The van der Waals surface area contributed by atoms with Crippen LogP contribution in [0.3, 0.4) is 0 Å². The molecule has 7 heteroatoms. The largest absolute Gasteiger partial charge is 0.485 e. The lowest BCUT2D eigenvalue weighted by Gasteiger charge is -2.23. The number of ether oxygens (including phenoxy) is 1. The number of rotatable bonds is 6. The van der Waals surface area contributed by atoms with Gasteiger partial charge in [-0.25, -0.2) is 0 Å². The average molecular weight is 388 g/mol. The molecule has 3 heterocycles. The number of nitrogens with zero attached hydrogens (tertiary/aromatic N) is 4. The fraction of sp³-hybridized carbons (Fsp3) is 0.182. The van der Waals surface area contributed by atoms with Crippen molar-refractivity contribution >= 4 is 16.7 Å². The molecule has 0 aliphatic carbocycles. The van der Waals surface area contributed by atoms with Crippen LogP contribution in [0.2, 0.25) is 0 Å². The van der Waals surface area contributed by atoms with Crippen LogP contribution in [-0.4, -0.2) is 33.0 Å². The minimum Gasteiger partial charge on any atom is -0.485 e. The Balaban J connectivity index is 1.44. The SMILES string of the molecule is C[C@H](c1ccccn1)N(C)C(=O)c1cc(COc2cccc3cnccc23)on1. The van der Waals surface area contributed by atoms with Crippen molar-refractivity contribution in [3.05, 3.63) is 84.3 Å². The lowest BCUT2D eigenvalue weighted by Crippen LogP contribution is -2.30. The minimum atomic E-state index is -0.241. The molecule has 0 spiro atoms. The maximum atomic E-state index is 12.7. The first-order valence-corrected chi connectivity index (χ1v) is 9.22. The molecule has 1 aromatic carbocycles. The van der Waals surface area contributed by atoms with E-state index in [4.69, 9.17) is 9.26 Å². The minimum absolute atomic E-state index is 0.168. The van der Waals surface area contributed by atoms with Crippen LogP contribution in [0.1, 0.15) is 34.9 Å². The lowest BCUT2D eigenvalue weighted by molar-refractivity contribution is 0.0729. The zero-order chi connectivity index (χ0) is 20.2. The summed E-state index contributed by atoms with van der Waals surface area (Å²) in [6.45, 7) is 2.08. The van der Waals surface area contributed by atoms with Crippen molar-refractivity contribution in [2.24, 2.45) is 0 Å². The fourth-order valence-electron chi connectivity index (χ4n) is 3.03. The van der Waals surface area contributed by atoms with Gasteiger partial charge in [0.2, 0.25) is 0 Å². The van der Waals surface area contributed by atoms with Crippen LogP contribution in [0.15, 0.2) is 71.6 Å². The first-order chi connectivity index (χ1) is 14.1. The third-order valence-corrected chi connectivity index (χ3v) is 4.81. The van der Waals surface area contributed by atoms with Gasteiger partial charge >= 0.3 is 0 Å². The summed E-state index contributed by atoms with van der Waals surface area (Å²) in [7, 11) is 1.72. The zero-order valence-corrected chi connectivity index (χ0v) is 16.1.